The highest BCUT2D eigenvalue weighted by molar-refractivity contribution is 7.85. The van der Waals surface area contributed by atoms with Crippen molar-refractivity contribution >= 4 is 16.6 Å². The summed E-state index contributed by atoms with van der Waals surface area (Å²) in [6, 6.07) is 7.40. The third kappa shape index (κ3) is 4.23. The largest absolute Gasteiger partial charge is 0.348 e. The highest BCUT2D eigenvalue weighted by atomic mass is 32.2. The van der Waals surface area contributed by atoms with E-state index in [4.69, 9.17) is 9.47 Å². The molecule has 1 aliphatic heterocycles. The van der Waals surface area contributed by atoms with Crippen LogP contribution in [0.1, 0.15) is 25.8 Å². The van der Waals surface area contributed by atoms with Gasteiger partial charge in [0.05, 0.1) is 29.3 Å². The Bertz CT molecular complexity index is 507. The summed E-state index contributed by atoms with van der Waals surface area (Å²) in [5, 5.41) is 0. The molecule has 20 heavy (non-hydrogen) atoms. The Morgan fingerprint density at radius 2 is 2.00 bits per heavy atom. The van der Waals surface area contributed by atoms with E-state index < -0.39 is 16.6 Å². The highest BCUT2D eigenvalue weighted by Gasteiger charge is 2.33. The summed E-state index contributed by atoms with van der Waals surface area (Å²) in [5.41, 5.74) is 1.11. The zero-order valence-electron chi connectivity index (χ0n) is 12.0. The Kier molecular flexibility index (Phi) is 4.73. The van der Waals surface area contributed by atoms with Crippen molar-refractivity contribution in [1.29, 1.82) is 0 Å². The Balaban J connectivity index is 1.85. The van der Waals surface area contributed by atoms with Crippen LogP contribution in [0.5, 0.6) is 0 Å². The smallest absolute Gasteiger partial charge is 0.163 e. The Labute approximate surface area is 121 Å². The van der Waals surface area contributed by atoms with Crippen LogP contribution in [0.3, 0.4) is 0 Å². The molecule has 5 heteroatoms. The number of carbonyl (C=O) groups excluding carboxylic acids is 1. The van der Waals surface area contributed by atoms with Crippen molar-refractivity contribution in [3.8, 4) is 0 Å². The lowest BCUT2D eigenvalue weighted by Crippen LogP contribution is -2.24. The van der Waals surface area contributed by atoms with E-state index in [-0.39, 0.29) is 24.1 Å². The minimum Gasteiger partial charge on any atom is -0.348 e. The molecule has 0 aliphatic carbocycles. The molecule has 0 radical (unpaired) electrons. The summed E-state index contributed by atoms with van der Waals surface area (Å²) in [7, 11) is -1.29. The van der Waals surface area contributed by atoms with Gasteiger partial charge in [-0.15, -0.1) is 0 Å². The maximum absolute atomic E-state index is 12.1. The normalized spacial score (nSPS) is 22.6. The fraction of sp³-hybridized carbons (Fsp3) is 0.533. The zero-order chi connectivity index (χ0) is 14.8. The van der Waals surface area contributed by atoms with Crippen LogP contribution < -0.4 is 0 Å². The van der Waals surface area contributed by atoms with Gasteiger partial charge in [0.25, 0.3) is 0 Å². The molecule has 0 saturated carbocycles. The SMILES string of the molecule is Cc1ccc(S(=O)CC(=O)C[C@H]2COC(C)(C)O2)cc1. The van der Waals surface area contributed by atoms with Crippen LogP contribution in [-0.4, -0.2) is 34.2 Å². The monoisotopic (exact) mass is 296 g/mol. The summed E-state index contributed by atoms with van der Waals surface area (Å²) >= 11 is 0. The number of ether oxygens (including phenoxy) is 2. The van der Waals surface area contributed by atoms with Crippen molar-refractivity contribution in [2.24, 2.45) is 0 Å². The van der Waals surface area contributed by atoms with Gasteiger partial charge in [-0.2, -0.15) is 0 Å². The minimum absolute atomic E-state index is 0.0311. The van der Waals surface area contributed by atoms with Crippen LogP contribution in [0.2, 0.25) is 0 Å². The zero-order valence-corrected chi connectivity index (χ0v) is 12.9. The Morgan fingerprint density at radius 1 is 1.35 bits per heavy atom. The van der Waals surface area contributed by atoms with Gasteiger partial charge in [0.2, 0.25) is 0 Å². The molecule has 0 aromatic heterocycles. The lowest BCUT2D eigenvalue weighted by Gasteiger charge is -2.16. The van der Waals surface area contributed by atoms with E-state index in [2.05, 4.69) is 0 Å². The van der Waals surface area contributed by atoms with E-state index >= 15 is 0 Å². The van der Waals surface area contributed by atoms with Crippen LogP contribution >= 0.6 is 0 Å². The topological polar surface area (TPSA) is 52.6 Å². The number of rotatable bonds is 5. The van der Waals surface area contributed by atoms with Gasteiger partial charge in [-0.3, -0.25) is 9.00 Å². The number of carbonyl (C=O) groups is 1. The lowest BCUT2D eigenvalue weighted by molar-refractivity contribution is -0.141. The average Bonchev–Trinajstić information content (AvgIpc) is 2.69. The summed E-state index contributed by atoms with van der Waals surface area (Å²) in [6.07, 6.45) is 0.0219. The number of Topliss-reactive ketones (excluding diaryl/α,β-unsaturated/α-hetero) is 1. The van der Waals surface area contributed by atoms with Crippen LogP contribution in [0, 0.1) is 6.92 Å². The third-order valence-corrected chi connectivity index (χ3v) is 4.48. The highest BCUT2D eigenvalue weighted by Crippen LogP contribution is 2.24. The molecule has 1 aromatic rings. The summed E-state index contributed by atoms with van der Waals surface area (Å²) < 4.78 is 23.1. The quantitative estimate of drug-likeness (QED) is 0.836. The van der Waals surface area contributed by atoms with Gasteiger partial charge in [0, 0.05) is 11.3 Å². The van der Waals surface area contributed by atoms with Crippen LogP contribution in [0.15, 0.2) is 29.2 Å². The second kappa shape index (κ2) is 6.16. The maximum Gasteiger partial charge on any atom is 0.163 e. The Morgan fingerprint density at radius 3 is 2.55 bits per heavy atom. The van der Waals surface area contributed by atoms with Crippen LogP contribution in [0.25, 0.3) is 0 Å². The number of hydrogen-bond donors (Lipinski definition) is 0. The Hall–Kier alpha value is -1.04. The van der Waals surface area contributed by atoms with Crippen molar-refractivity contribution in [3.05, 3.63) is 29.8 Å². The van der Waals surface area contributed by atoms with Crippen molar-refractivity contribution in [1.82, 2.24) is 0 Å². The van der Waals surface area contributed by atoms with Gasteiger partial charge < -0.3 is 9.47 Å². The molecule has 110 valence electrons. The first-order chi connectivity index (χ1) is 9.35. The minimum atomic E-state index is -1.29. The molecule has 0 spiro atoms. The molecule has 2 rings (SSSR count). The fourth-order valence-electron chi connectivity index (χ4n) is 2.10. The van der Waals surface area contributed by atoms with Crippen LogP contribution in [-0.2, 0) is 25.1 Å². The van der Waals surface area contributed by atoms with Gasteiger partial charge in [-0.1, -0.05) is 17.7 Å². The van der Waals surface area contributed by atoms with Gasteiger partial charge >= 0.3 is 0 Å². The van der Waals surface area contributed by atoms with Gasteiger partial charge in [-0.05, 0) is 32.9 Å². The van der Waals surface area contributed by atoms with E-state index in [1.165, 1.54) is 0 Å². The molecule has 0 bridgehead atoms. The molecule has 0 N–H and O–H groups in total. The van der Waals surface area contributed by atoms with Gasteiger partial charge in [0.1, 0.15) is 5.78 Å². The molecule has 4 nitrogen and oxygen atoms in total. The average molecular weight is 296 g/mol. The molecule has 0 amide bonds. The van der Waals surface area contributed by atoms with E-state index in [0.717, 1.165) is 5.56 Å². The predicted octanol–water partition coefficient (Wildman–Crippen LogP) is 2.21. The first-order valence-electron chi connectivity index (χ1n) is 6.64. The van der Waals surface area contributed by atoms with Crippen molar-refractivity contribution in [2.45, 2.75) is 44.0 Å². The van der Waals surface area contributed by atoms with Crippen molar-refractivity contribution < 1.29 is 18.5 Å². The first-order valence-corrected chi connectivity index (χ1v) is 7.96. The number of hydrogen-bond acceptors (Lipinski definition) is 4. The summed E-state index contributed by atoms with van der Waals surface area (Å²) in [5.74, 6) is -0.653. The molecule has 1 aromatic carbocycles. The standard InChI is InChI=1S/C15H20O4S/c1-11-4-6-14(7-5-11)20(17)10-12(16)8-13-9-18-15(2,3)19-13/h4-7,13H,8-10H2,1-3H3/t13-,20?/m0/s1. The van der Waals surface area contributed by atoms with Crippen LogP contribution in [0.4, 0.5) is 0 Å². The molecule has 1 heterocycles. The fourth-order valence-corrected chi connectivity index (χ4v) is 3.11. The first kappa shape index (κ1) is 15.4. The predicted molar refractivity (Wildman–Crippen MR) is 77.0 cm³/mol. The van der Waals surface area contributed by atoms with E-state index in [1.807, 2.05) is 32.9 Å². The second-order valence-electron chi connectivity index (χ2n) is 5.50. The molecule has 1 fully saturated rings. The summed E-state index contributed by atoms with van der Waals surface area (Å²) in [4.78, 5) is 12.6. The van der Waals surface area contributed by atoms with E-state index in [0.29, 0.717) is 11.5 Å². The molecular formula is C15H20O4S. The molecular weight excluding hydrogens is 276 g/mol. The molecule has 1 unspecified atom stereocenters. The summed E-state index contributed by atoms with van der Waals surface area (Å²) in [6.45, 7) is 6.02. The number of ketones is 1. The molecule has 1 saturated heterocycles. The third-order valence-electron chi connectivity index (χ3n) is 3.10. The van der Waals surface area contributed by atoms with E-state index in [9.17, 15) is 9.00 Å². The second-order valence-corrected chi connectivity index (χ2v) is 6.95. The van der Waals surface area contributed by atoms with Gasteiger partial charge in [-0.25, -0.2) is 0 Å². The lowest BCUT2D eigenvalue weighted by atomic mass is 10.2. The molecule has 1 aliphatic rings. The number of aryl methyl sites for hydroxylation is 1. The van der Waals surface area contributed by atoms with Crippen molar-refractivity contribution in [3.63, 3.8) is 0 Å². The van der Waals surface area contributed by atoms with Crippen molar-refractivity contribution in [2.75, 3.05) is 12.4 Å². The number of benzene rings is 1. The molecule has 2 atom stereocenters. The van der Waals surface area contributed by atoms with E-state index in [1.54, 1.807) is 12.1 Å². The maximum atomic E-state index is 12.1. The van der Waals surface area contributed by atoms with Gasteiger partial charge in [0.15, 0.2) is 5.79 Å².